The highest BCUT2D eigenvalue weighted by Crippen LogP contribution is 2.47. The first kappa shape index (κ1) is 18.7. The van der Waals surface area contributed by atoms with E-state index in [1.54, 1.807) is 13.2 Å². The standard InChI is InChI=1S/C22H22O2S2/c1-24-20-14-8-13-19(21(20)23)22(25-15-17-9-4-2-5-10-17)26-16-18-11-6-3-7-12-18/h2-14,22-23H,15-16H2,1H3. The van der Waals surface area contributed by atoms with Gasteiger partial charge in [-0.2, -0.15) is 0 Å². The molecule has 0 fully saturated rings. The number of benzene rings is 3. The Bertz CT molecular complexity index is 763. The van der Waals surface area contributed by atoms with Gasteiger partial charge in [0.1, 0.15) is 0 Å². The molecule has 3 rings (SSSR count). The second kappa shape index (κ2) is 9.60. The van der Waals surface area contributed by atoms with E-state index in [4.69, 9.17) is 4.74 Å². The van der Waals surface area contributed by atoms with Crippen molar-refractivity contribution in [3.05, 3.63) is 95.6 Å². The van der Waals surface area contributed by atoms with Crippen molar-refractivity contribution in [1.82, 2.24) is 0 Å². The minimum Gasteiger partial charge on any atom is -0.504 e. The van der Waals surface area contributed by atoms with Crippen LogP contribution in [-0.4, -0.2) is 12.2 Å². The maximum Gasteiger partial charge on any atom is 0.162 e. The van der Waals surface area contributed by atoms with Crippen LogP contribution >= 0.6 is 23.5 Å². The number of thioether (sulfide) groups is 2. The molecule has 4 heteroatoms. The Kier molecular flexibility index (Phi) is 6.92. The van der Waals surface area contributed by atoms with Crippen LogP contribution in [0, 0.1) is 0 Å². The molecule has 0 bridgehead atoms. The molecule has 0 radical (unpaired) electrons. The van der Waals surface area contributed by atoms with E-state index in [9.17, 15) is 5.11 Å². The van der Waals surface area contributed by atoms with Crippen LogP contribution in [0.5, 0.6) is 11.5 Å². The quantitative estimate of drug-likeness (QED) is 0.465. The van der Waals surface area contributed by atoms with Crippen molar-refractivity contribution in [3.8, 4) is 11.5 Å². The minimum absolute atomic E-state index is 0.116. The van der Waals surface area contributed by atoms with Crippen LogP contribution in [0.25, 0.3) is 0 Å². The lowest BCUT2D eigenvalue weighted by molar-refractivity contribution is 0.371. The molecule has 3 aromatic carbocycles. The van der Waals surface area contributed by atoms with Gasteiger partial charge >= 0.3 is 0 Å². The molecule has 0 aliphatic heterocycles. The summed E-state index contributed by atoms with van der Waals surface area (Å²) in [6.07, 6.45) is 0. The minimum atomic E-state index is 0.116. The van der Waals surface area contributed by atoms with E-state index in [0.29, 0.717) is 5.75 Å². The molecule has 0 aliphatic rings. The molecular weight excluding hydrogens is 360 g/mol. The highest BCUT2D eigenvalue weighted by Gasteiger charge is 2.19. The zero-order valence-electron chi connectivity index (χ0n) is 14.7. The summed E-state index contributed by atoms with van der Waals surface area (Å²) in [4.78, 5) is 0. The van der Waals surface area contributed by atoms with E-state index < -0.39 is 0 Å². The number of methoxy groups -OCH3 is 1. The third kappa shape index (κ3) is 4.99. The van der Waals surface area contributed by atoms with Gasteiger partial charge < -0.3 is 9.84 Å². The van der Waals surface area contributed by atoms with Crippen molar-refractivity contribution in [2.24, 2.45) is 0 Å². The molecule has 0 saturated heterocycles. The van der Waals surface area contributed by atoms with Gasteiger partial charge in [-0.1, -0.05) is 72.8 Å². The van der Waals surface area contributed by atoms with Crippen LogP contribution in [0.2, 0.25) is 0 Å². The zero-order valence-corrected chi connectivity index (χ0v) is 16.3. The zero-order chi connectivity index (χ0) is 18.2. The van der Waals surface area contributed by atoms with Crippen LogP contribution in [0.3, 0.4) is 0 Å². The van der Waals surface area contributed by atoms with Gasteiger partial charge in [0.25, 0.3) is 0 Å². The van der Waals surface area contributed by atoms with Crippen molar-refractivity contribution in [2.45, 2.75) is 16.1 Å². The monoisotopic (exact) mass is 382 g/mol. The third-order valence-corrected chi connectivity index (χ3v) is 6.92. The molecule has 134 valence electrons. The van der Waals surface area contributed by atoms with Gasteiger partial charge in [0, 0.05) is 17.1 Å². The molecule has 1 N–H and O–H groups in total. The number of rotatable bonds is 8. The average Bonchev–Trinajstić information content (AvgIpc) is 2.70. The number of hydrogen-bond donors (Lipinski definition) is 1. The molecule has 26 heavy (non-hydrogen) atoms. The molecule has 3 aromatic rings. The van der Waals surface area contributed by atoms with Crippen molar-refractivity contribution in [3.63, 3.8) is 0 Å². The van der Waals surface area contributed by atoms with Crippen molar-refractivity contribution in [1.29, 1.82) is 0 Å². The summed E-state index contributed by atoms with van der Waals surface area (Å²) < 4.78 is 5.41. The summed E-state index contributed by atoms with van der Waals surface area (Å²) in [5.74, 6) is 2.54. The van der Waals surface area contributed by atoms with E-state index in [-0.39, 0.29) is 10.3 Å². The van der Waals surface area contributed by atoms with Crippen LogP contribution in [0.15, 0.2) is 78.9 Å². The molecule has 0 aromatic heterocycles. The highest BCUT2D eigenvalue weighted by atomic mass is 32.2. The van der Waals surface area contributed by atoms with Gasteiger partial charge in [-0.3, -0.25) is 0 Å². The topological polar surface area (TPSA) is 29.5 Å². The number of ether oxygens (including phenoxy) is 1. The summed E-state index contributed by atoms with van der Waals surface area (Å²) in [7, 11) is 1.59. The van der Waals surface area contributed by atoms with Gasteiger partial charge in [-0.25, -0.2) is 0 Å². The molecule has 2 nitrogen and oxygen atoms in total. The molecule has 0 unspecified atom stereocenters. The summed E-state index contributed by atoms with van der Waals surface area (Å²) in [6.45, 7) is 0. The third-order valence-electron chi connectivity index (χ3n) is 3.99. The first-order chi connectivity index (χ1) is 12.8. The van der Waals surface area contributed by atoms with Crippen LogP contribution in [-0.2, 0) is 11.5 Å². The predicted octanol–water partition coefficient (Wildman–Crippen LogP) is 6.27. The van der Waals surface area contributed by atoms with Crippen molar-refractivity contribution < 1.29 is 9.84 Å². The number of aromatic hydroxyl groups is 1. The number of para-hydroxylation sites is 1. The Hall–Kier alpha value is -2.04. The maximum atomic E-state index is 10.6. The van der Waals surface area contributed by atoms with Crippen molar-refractivity contribution in [2.75, 3.05) is 7.11 Å². The second-order valence-electron chi connectivity index (χ2n) is 5.82. The molecule has 0 atom stereocenters. The van der Waals surface area contributed by atoms with E-state index in [1.165, 1.54) is 11.1 Å². The Morgan fingerprint density at radius 3 is 1.81 bits per heavy atom. The first-order valence-electron chi connectivity index (χ1n) is 8.45. The summed E-state index contributed by atoms with van der Waals surface area (Å²) in [5, 5.41) is 10.6. The molecule has 0 saturated carbocycles. The molecule has 0 amide bonds. The van der Waals surface area contributed by atoms with Crippen molar-refractivity contribution >= 4 is 23.5 Å². The number of phenols is 1. The fraction of sp³-hybridized carbons (Fsp3) is 0.182. The lowest BCUT2D eigenvalue weighted by Gasteiger charge is -2.19. The molecular formula is C22H22O2S2. The first-order valence-corrected chi connectivity index (χ1v) is 10.5. The van der Waals surface area contributed by atoms with Gasteiger partial charge in [-0.05, 0) is 17.2 Å². The van der Waals surface area contributed by atoms with Gasteiger partial charge in [0.05, 0.1) is 11.7 Å². The largest absolute Gasteiger partial charge is 0.504 e. The molecule has 0 spiro atoms. The molecule has 0 aliphatic carbocycles. The smallest absolute Gasteiger partial charge is 0.162 e. The lowest BCUT2D eigenvalue weighted by atomic mass is 10.2. The van der Waals surface area contributed by atoms with Gasteiger partial charge in [-0.15, -0.1) is 23.5 Å². The Morgan fingerprint density at radius 1 is 0.769 bits per heavy atom. The predicted molar refractivity (Wildman–Crippen MR) is 113 cm³/mol. The Morgan fingerprint density at radius 2 is 1.31 bits per heavy atom. The normalized spacial score (nSPS) is 10.8. The average molecular weight is 383 g/mol. The highest BCUT2D eigenvalue weighted by molar-refractivity contribution is 8.15. The Labute approximate surface area is 163 Å². The molecule has 0 heterocycles. The fourth-order valence-electron chi connectivity index (χ4n) is 2.61. The Balaban J connectivity index is 1.78. The lowest BCUT2D eigenvalue weighted by Crippen LogP contribution is -1.95. The van der Waals surface area contributed by atoms with E-state index in [2.05, 4.69) is 48.5 Å². The fourth-order valence-corrected chi connectivity index (χ4v) is 5.22. The van der Waals surface area contributed by atoms with E-state index in [0.717, 1.165) is 17.1 Å². The SMILES string of the molecule is COc1cccc(C(SCc2ccccc2)SCc2ccccc2)c1O. The maximum absolute atomic E-state index is 10.6. The number of hydrogen-bond acceptors (Lipinski definition) is 4. The van der Waals surface area contributed by atoms with Crippen LogP contribution in [0.1, 0.15) is 21.3 Å². The summed E-state index contributed by atoms with van der Waals surface area (Å²) >= 11 is 3.66. The summed E-state index contributed by atoms with van der Waals surface area (Å²) in [6, 6.07) is 26.6. The van der Waals surface area contributed by atoms with E-state index in [1.807, 2.05) is 47.8 Å². The van der Waals surface area contributed by atoms with Gasteiger partial charge in [0.15, 0.2) is 11.5 Å². The van der Waals surface area contributed by atoms with E-state index >= 15 is 0 Å². The van der Waals surface area contributed by atoms with Gasteiger partial charge in [0.2, 0.25) is 0 Å². The van der Waals surface area contributed by atoms with Crippen LogP contribution in [0.4, 0.5) is 0 Å². The second-order valence-corrected chi connectivity index (χ2v) is 8.31. The summed E-state index contributed by atoms with van der Waals surface area (Å²) in [5.41, 5.74) is 3.47. The number of phenolic OH excluding ortho intramolecular Hbond substituents is 1. The van der Waals surface area contributed by atoms with Crippen LogP contribution < -0.4 is 4.74 Å².